The van der Waals surface area contributed by atoms with Gasteiger partial charge in [-0.3, -0.25) is 19.2 Å². The van der Waals surface area contributed by atoms with E-state index in [9.17, 15) is 19.2 Å². The highest BCUT2D eigenvalue weighted by Gasteiger charge is 2.21. The molecule has 1 aromatic rings. The Labute approximate surface area is 151 Å². The van der Waals surface area contributed by atoms with E-state index in [1.807, 2.05) is 30.3 Å². The molecule has 26 heavy (non-hydrogen) atoms. The first-order valence-corrected chi connectivity index (χ1v) is 8.28. The normalized spacial score (nSPS) is 11.3. The van der Waals surface area contributed by atoms with Crippen LogP contribution in [0.25, 0.3) is 0 Å². The molecule has 1 rings (SSSR count). The third kappa shape index (κ3) is 8.78. The van der Waals surface area contributed by atoms with Crippen LogP contribution in [0.1, 0.15) is 18.4 Å². The quantitative estimate of drug-likeness (QED) is 0.292. The molecule has 0 radical (unpaired) electrons. The molecule has 0 heterocycles. The van der Waals surface area contributed by atoms with Gasteiger partial charge >= 0.3 is 0 Å². The van der Waals surface area contributed by atoms with Crippen molar-refractivity contribution >= 4 is 23.6 Å². The Kier molecular flexibility index (Phi) is 9.40. The minimum absolute atomic E-state index is 0.177. The van der Waals surface area contributed by atoms with Gasteiger partial charge in [-0.15, -0.1) is 0 Å². The second kappa shape index (κ2) is 11.6. The largest absolute Gasteiger partial charge is 0.370 e. The van der Waals surface area contributed by atoms with Gasteiger partial charge in [0.05, 0.1) is 13.1 Å². The van der Waals surface area contributed by atoms with E-state index in [4.69, 9.17) is 11.5 Å². The van der Waals surface area contributed by atoms with Gasteiger partial charge in [0.25, 0.3) is 0 Å². The number of rotatable bonds is 11. The van der Waals surface area contributed by atoms with E-state index in [1.54, 1.807) is 0 Å². The number of amides is 4. The average Bonchev–Trinajstić information content (AvgIpc) is 2.63. The molecule has 0 saturated carbocycles. The lowest BCUT2D eigenvalue weighted by molar-refractivity contribution is -0.130. The summed E-state index contributed by atoms with van der Waals surface area (Å²) in [6.45, 7) is -0.187. The van der Waals surface area contributed by atoms with Crippen LogP contribution in [0.4, 0.5) is 0 Å². The minimum Gasteiger partial charge on any atom is -0.370 e. The zero-order valence-electron chi connectivity index (χ0n) is 14.5. The van der Waals surface area contributed by atoms with Gasteiger partial charge in [-0.1, -0.05) is 30.3 Å². The Morgan fingerprint density at radius 2 is 1.69 bits per heavy atom. The fraction of sp³-hybridized carbons (Fsp3) is 0.412. The second-order valence-corrected chi connectivity index (χ2v) is 5.65. The van der Waals surface area contributed by atoms with Crippen molar-refractivity contribution in [3.8, 4) is 0 Å². The van der Waals surface area contributed by atoms with Crippen LogP contribution in [0.15, 0.2) is 30.3 Å². The molecule has 1 unspecified atom stereocenters. The standard InChI is InChI=1S/C17H25N5O4/c18-10-15(24)22-13(9-12-5-2-1-3-6-12)17(26)21-11-16(25)20-8-4-7-14(19)23/h1-3,5-6,13H,4,7-11,18H2,(H2,19,23)(H,20,25)(H,21,26)(H,22,24). The monoisotopic (exact) mass is 363 g/mol. The summed E-state index contributed by atoms with van der Waals surface area (Å²) in [6.07, 6.45) is 0.883. The number of nitrogens with two attached hydrogens (primary N) is 2. The van der Waals surface area contributed by atoms with E-state index in [1.165, 1.54) is 0 Å². The molecule has 0 aliphatic rings. The smallest absolute Gasteiger partial charge is 0.243 e. The molecule has 0 aliphatic carbocycles. The number of carbonyl (C=O) groups is 4. The summed E-state index contributed by atoms with van der Waals surface area (Å²) >= 11 is 0. The van der Waals surface area contributed by atoms with Crippen molar-refractivity contribution in [2.24, 2.45) is 11.5 Å². The Balaban J connectivity index is 2.50. The van der Waals surface area contributed by atoms with Gasteiger partial charge < -0.3 is 27.4 Å². The van der Waals surface area contributed by atoms with Gasteiger partial charge in [0, 0.05) is 19.4 Å². The van der Waals surface area contributed by atoms with Crippen LogP contribution in [0.2, 0.25) is 0 Å². The average molecular weight is 363 g/mol. The maximum atomic E-state index is 12.3. The minimum atomic E-state index is -0.837. The van der Waals surface area contributed by atoms with Gasteiger partial charge in [0.2, 0.25) is 23.6 Å². The highest BCUT2D eigenvalue weighted by atomic mass is 16.2. The summed E-state index contributed by atoms with van der Waals surface area (Å²) in [6, 6.07) is 8.33. The number of benzene rings is 1. The SMILES string of the molecule is NCC(=O)NC(Cc1ccccc1)C(=O)NCC(=O)NCCCC(N)=O. The van der Waals surface area contributed by atoms with Crippen LogP contribution in [-0.2, 0) is 25.6 Å². The van der Waals surface area contributed by atoms with Crippen LogP contribution in [0, 0.1) is 0 Å². The molecule has 0 spiro atoms. The van der Waals surface area contributed by atoms with Crippen LogP contribution in [-0.4, -0.2) is 49.3 Å². The molecule has 0 bridgehead atoms. The summed E-state index contributed by atoms with van der Waals surface area (Å²) in [5.74, 6) is -1.78. The van der Waals surface area contributed by atoms with E-state index in [0.29, 0.717) is 6.42 Å². The number of hydrogen-bond donors (Lipinski definition) is 5. The molecule has 0 aliphatic heterocycles. The predicted octanol–water partition coefficient (Wildman–Crippen LogP) is -1.83. The lowest BCUT2D eigenvalue weighted by Crippen LogP contribution is -2.51. The van der Waals surface area contributed by atoms with Crippen LogP contribution >= 0.6 is 0 Å². The second-order valence-electron chi connectivity index (χ2n) is 5.65. The molecule has 9 heteroatoms. The highest BCUT2D eigenvalue weighted by molar-refractivity contribution is 5.91. The zero-order valence-corrected chi connectivity index (χ0v) is 14.5. The summed E-state index contributed by atoms with van der Waals surface area (Å²) in [5, 5.41) is 7.59. The van der Waals surface area contributed by atoms with Gasteiger partial charge in [-0.05, 0) is 12.0 Å². The molecule has 0 saturated heterocycles. The number of carbonyl (C=O) groups excluding carboxylic acids is 4. The zero-order chi connectivity index (χ0) is 19.4. The summed E-state index contributed by atoms with van der Waals surface area (Å²) < 4.78 is 0. The maximum absolute atomic E-state index is 12.3. The summed E-state index contributed by atoms with van der Waals surface area (Å²) in [7, 11) is 0. The molecular formula is C17H25N5O4. The van der Waals surface area contributed by atoms with Crippen molar-refractivity contribution in [2.75, 3.05) is 19.6 Å². The topological polar surface area (TPSA) is 156 Å². The van der Waals surface area contributed by atoms with E-state index < -0.39 is 29.7 Å². The van der Waals surface area contributed by atoms with E-state index in [-0.39, 0.29) is 32.5 Å². The molecular weight excluding hydrogens is 338 g/mol. The van der Waals surface area contributed by atoms with Crippen LogP contribution in [0.3, 0.4) is 0 Å². The van der Waals surface area contributed by atoms with E-state index >= 15 is 0 Å². The Morgan fingerprint density at radius 3 is 2.31 bits per heavy atom. The Hall–Kier alpha value is -2.94. The first-order valence-electron chi connectivity index (χ1n) is 8.28. The van der Waals surface area contributed by atoms with E-state index in [2.05, 4.69) is 16.0 Å². The molecule has 1 atom stereocenters. The van der Waals surface area contributed by atoms with Gasteiger partial charge in [-0.25, -0.2) is 0 Å². The van der Waals surface area contributed by atoms with Gasteiger partial charge in [0.1, 0.15) is 6.04 Å². The molecule has 142 valence electrons. The van der Waals surface area contributed by atoms with E-state index in [0.717, 1.165) is 5.56 Å². The third-order valence-corrected chi connectivity index (χ3v) is 3.47. The summed E-state index contributed by atoms with van der Waals surface area (Å²) in [5.41, 5.74) is 11.1. The predicted molar refractivity (Wildman–Crippen MR) is 95.6 cm³/mol. The number of nitrogens with one attached hydrogen (secondary N) is 3. The van der Waals surface area contributed by atoms with Crippen molar-refractivity contribution in [1.29, 1.82) is 0 Å². The van der Waals surface area contributed by atoms with Crippen molar-refractivity contribution < 1.29 is 19.2 Å². The fourth-order valence-electron chi connectivity index (χ4n) is 2.16. The Morgan fingerprint density at radius 1 is 1.00 bits per heavy atom. The molecule has 0 fully saturated rings. The lowest BCUT2D eigenvalue weighted by atomic mass is 10.1. The molecule has 4 amide bonds. The fourth-order valence-corrected chi connectivity index (χ4v) is 2.16. The van der Waals surface area contributed by atoms with Crippen molar-refractivity contribution in [3.05, 3.63) is 35.9 Å². The number of hydrogen-bond acceptors (Lipinski definition) is 5. The first-order chi connectivity index (χ1) is 12.4. The summed E-state index contributed by atoms with van der Waals surface area (Å²) in [4.78, 5) is 46.2. The molecule has 7 N–H and O–H groups in total. The highest BCUT2D eigenvalue weighted by Crippen LogP contribution is 2.03. The van der Waals surface area contributed by atoms with Crippen LogP contribution in [0.5, 0.6) is 0 Å². The molecule has 0 aromatic heterocycles. The van der Waals surface area contributed by atoms with Crippen molar-refractivity contribution in [2.45, 2.75) is 25.3 Å². The van der Waals surface area contributed by atoms with Gasteiger partial charge in [-0.2, -0.15) is 0 Å². The first kappa shape index (κ1) is 21.1. The Bertz CT molecular complexity index is 621. The lowest BCUT2D eigenvalue weighted by Gasteiger charge is -2.18. The molecule has 1 aromatic carbocycles. The van der Waals surface area contributed by atoms with Crippen LogP contribution < -0.4 is 27.4 Å². The van der Waals surface area contributed by atoms with Crippen molar-refractivity contribution in [3.63, 3.8) is 0 Å². The molecule has 9 nitrogen and oxygen atoms in total. The number of primary amides is 1. The van der Waals surface area contributed by atoms with Gasteiger partial charge in [0.15, 0.2) is 0 Å². The van der Waals surface area contributed by atoms with Crippen molar-refractivity contribution in [1.82, 2.24) is 16.0 Å². The third-order valence-electron chi connectivity index (χ3n) is 3.47. The maximum Gasteiger partial charge on any atom is 0.243 e.